The van der Waals surface area contributed by atoms with Gasteiger partial charge in [-0.05, 0) is 46.3 Å². The van der Waals surface area contributed by atoms with Crippen LogP contribution in [0, 0.1) is 0 Å². The highest BCUT2D eigenvalue weighted by Crippen LogP contribution is 2.37. The molecule has 0 saturated heterocycles. The van der Waals surface area contributed by atoms with Crippen molar-refractivity contribution in [2.45, 2.75) is 6.61 Å². The van der Waals surface area contributed by atoms with E-state index in [1.807, 2.05) is 29.6 Å². The minimum Gasteiger partial charge on any atom is -0.392 e. The Labute approximate surface area is 160 Å². The maximum atomic E-state index is 12.3. The lowest BCUT2D eigenvalue weighted by atomic mass is 9.93. The summed E-state index contributed by atoms with van der Waals surface area (Å²) in [6.45, 7) is -0.132. The SMILES string of the molecule is O=c1[nH]c2ccc(CO)c(-c3ccc(NC[SH](=O)=O)cc3)c2c2ccsc12. The average Bonchev–Trinajstić information content (AvgIpc) is 3.16. The molecule has 0 bridgehead atoms. The van der Waals surface area contributed by atoms with E-state index in [1.165, 1.54) is 11.3 Å². The number of aliphatic hydroxyl groups excluding tert-OH is 1. The smallest absolute Gasteiger partial charge is 0.266 e. The van der Waals surface area contributed by atoms with Crippen molar-refractivity contribution in [3.05, 3.63) is 63.8 Å². The van der Waals surface area contributed by atoms with Crippen LogP contribution in [0.4, 0.5) is 5.69 Å². The van der Waals surface area contributed by atoms with Crippen molar-refractivity contribution in [2.75, 3.05) is 11.2 Å². The Bertz CT molecular complexity index is 1260. The maximum absolute atomic E-state index is 12.3. The number of thiophene rings is 1. The number of aromatic nitrogens is 1. The first-order chi connectivity index (χ1) is 13.1. The van der Waals surface area contributed by atoms with Crippen molar-refractivity contribution in [3.8, 4) is 11.1 Å². The molecule has 27 heavy (non-hydrogen) atoms. The Morgan fingerprint density at radius 3 is 2.56 bits per heavy atom. The number of fused-ring (bicyclic) bond motifs is 3. The van der Waals surface area contributed by atoms with Gasteiger partial charge in [0.15, 0.2) is 10.7 Å². The van der Waals surface area contributed by atoms with Gasteiger partial charge in [-0.2, -0.15) is 0 Å². The van der Waals surface area contributed by atoms with Gasteiger partial charge in [0.1, 0.15) is 10.6 Å². The first-order valence-corrected chi connectivity index (χ1v) is 10.4. The number of anilines is 1. The van der Waals surface area contributed by atoms with Crippen molar-refractivity contribution < 1.29 is 13.5 Å². The van der Waals surface area contributed by atoms with Gasteiger partial charge in [0.2, 0.25) is 0 Å². The molecule has 0 aliphatic carbocycles. The molecular weight excluding hydrogens is 384 g/mol. The van der Waals surface area contributed by atoms with Crippen molar-refractivity contribution >= 4 is 48.7 Å². The molecule has 0 saturated carbocycles. The number of thiol groups is 1. The number of hydrogen-bond acceptors (Lipinski definition) is 6. The highest BCUT2D eigenvalue weighted by molar-refractivity contribution is 7.72. The molecule has 0 atom stereocenters. The van der Waals surface area contributed by atoms with E-state index in [-0.39, 0.29) is 18.0 Å². The summed E-state index contributed by atoms with van der Waals surface area (Å²) in [7, 11) is -2.50. The summed E-state index contributed by atoms with van der Waals surface area (Å²) in [5, 5.41) is 16.3. The van der Waals surface area contributed by atoms with Crippen LogP contribution in [-0.4, -0.2) is 24.4 Å². The van der Waals surface area contributed by atoms with E-state index in [9.17, 15) is 18.3 Å². The van der Waals surface area contributed by atoms with Gasteiger partial charge >= 0.3 is 0 Å². The molecule has 0 spiro atoms. The highest BCUT2D eigenvalue weighted by atomic mass is 32.2. The Hall–Kier alpha value is -2.68. The van der Waals surface area contributed by atoms with Crippen molar-refractivity contribution in [2.24, 2.45) is 0 Å². The fourth-order valence-corrected chi connectivity index (χ4v) is 4.37. The molecule has 2 aromatic carbocycles. The van der Waals surface area contributed by atoms with Crippen LogP contribution >= 0.6 is 11.3 Å². The summed E-state index contributed by atoms with van der Waals surface area (Å²) >= 11 is 1.38. The van der Waals surface area contributed by atoms with Gasteiger partial charge in [0.05, 0.1) is 6.61 Å². The fourth-order valence-electron chi connectivity index (χ4n) is 3.26. The van der Waals surface area contributed by atoms with E-state index in [1.54, 1.807) is 18.2 Å². The predicted octanol–water partition coefficient (Wildman–Crippen LogP) is 2.88. The number of rotatable bonds is 5. The molecule has 0 amide bonds. The van der Waals surface area contributed by atoms with Crippen LogP contribution in [-0.2, 0) is 17.3 Å². The van der Waals surface area contributed by atoms with Crippen molar-refractivity contribution in [3.63, 3.8) is 0 Å². The molecule has 138 valence electrons. The minimum absolute atomic E-state index is 0.123. The quantitative estimate of drug-likeness (QED) is 0.386. The van der Waals surface area contributed by atoms with E-state index >= 15 is 0 Å². The second kappa shape index (κ2) is 7.15. The Kier molecular flexibility index (Phi) is 4.69. The zero-order valence-corrected chi connectivity index (χ0v) is 15.8. The molecule has 0 aliphatic rings. The molecule has 0 unspecified atom stereocenters. The normalized spacial score (nSPS) is 11.5. The molecule has 0 aliphatic heterocycles. The highest BCUT2D eigenvalue weighted by Gasteiger charge is 2.15. The Balaban J connectivity index is 1.94. The number of hydrogen-bond donors (Lipinski definition) is 4. The minimum atomic E-state index is -2.50. The van der Waals surface area contributed by atoms with Crippen molar-refractivity contribution in [1.29, 1.82) is 0 Å². The third kappa shape index (κ3) is 3.23. The molecule has 4 rings (SSSR count). The third-order valence-electron chi connectivity index (χ3n) is 4.44. The van der Waals surface area contributed by atoms with Crippen LogP contribution in [0.15, 0.2) is 52.6 Å². The summed E-state index contributed by atoms with van der Waals surface area (Å²) in [4.78, 5) is 15.2. The summed E-state index contributed by atoms with van der Waals surface area (Å²) < 4.78 is 22.1. The van der Waals surface area contributed by atoms with Gasteiger partial charge in [-0.25, -0.2) is 8.42 Å². The number of aromatic amines is 1. The zero-order chi connectivity index (χ0) is 19.0. The lowest BCUT2D eigenvalue weighted by Crippen LogP contribution is -2.05. The summed E-state index contributed by atoms with van der Waals surface area (Å²) in [6.07, 6.45) is 0. The second-order valence-electron chi connectivity index (χ2n) is 6.04. The lowest BCUT2D eigenvalue weighted by molar-refractivity contribution is 0.282. The molecule has 0 fully saturated rings. The van der Waals surface area contributed by atoms with Crippen LogP contribution in [0.2, 0.25) is 0 Å². The molecular formula is C19H16N2O4S2. The largest absolute Gasteiger partial charge is 0.392 e. The first-order valence-electron chi connectivity index (χ1n) is 8.20. The average molecular weight is 400 g/mol. The van der Waals surface area contributed by atoms with Gasteiger partial charge in [0, 0.05) is 22.0 Å². The molecule has 4 aromatic rings. The maximum Gasteiger partial charge on any atom is 0.266 e. The summed E-state index contributed by atoms with van der Waals surface area (Å²) in [6, 6.07) is 12.9. The lowest BCUT2D eigenvalue weighted by Gasteiger charge is -2.14. The van der Waals surface area contributed by atoms with E-state index in [0.29, 0.717) is 15.9 Å². The first kappa shape index (κ1) is 17.7. The van der Waals surface area contributed by atoms with Gasteiger partial charge < -0.3 is 15.4 Å². The number of pyridine rings is 1. The van der Waals surface area contributed by atoms with Crippen molar-refractivity contribution in [1.82, 2.24) is 4.98 Å². The monoisotopic (exact) mass is 400 g/mol. The second-order valence-corrected chi connectivity index (χ2v) is 7.94. The summed E-state index contributed by atoms with van der Waals surface area (Å²) in [5.74, 6) is -0.123. The van der Waals surface area contributed by atoms with E-state index < -0.39 is 10.7 Å². The van der Waals surface area contributed by atoms with Gasteiger partial charge in [-0.1, -0.05) is 18.2 Å². The van der Waals surface area contributed by atoms with Gasteiger partial charge in [-0.15, -0.1) is 11.3 Å². The van der Waals surface area contributed by atoms with Crippen LogP contribution in [0.1, 0.15) is 5.56 Å². The number of aliphatic hydroxyl groups is 1. The third-order valence-corrected chi connectivity index (χ3v) is 5.77. The molecule has 0 radical (unpaired) electrons. The Morgan fingerprint density at radius 1 is 1.07 bits per heavy atom. The number of benzene rings is 2. The molecule has 6 nitrogen and oxygen atoms in total. The molecule has 2 heterocycles. The zero-order valence-electron chi connectivity index (χ0n) is 14.1. The number of nitrogens with one attached hydrogen (secondary N) is 2. The van der Waals surface area contributed by atoms with Crippen LogP contribution < -0.4 is 10.9 Å². The summed E-state index contributed by atoms with van der Waals surface area (Å²) in [5.41, 5.74) is 3.77. The van der Waals surface area contributed by atoms with Gasteiger partial charge in [-0.3, -0.25) is 4.79 Å². The Morgan fingerprint density at radius 2 is 1.85 bits per heavy atom. The van der Waals surface area contributed by atoms with E-state index in [2.05, 4.69) is 10.3 Å². The topological polar surface area (TPSA) is 99.3 Å². The fraction of sp³-hybridized carbons (Fsp3) is 0.105. The van der Waals surface area contributed by atoms with Gasteiger partial charge in [0.25, 0.3) is 5.56 Å². The number of H-pyrrole nitrogens is 1. The standard InChI is InChI=1S/C19H16N2O4S2/c22-9-12-3-6-15-17(14-7-8-26-18(14)19(23)21-15)16(12)11-1-4-13(5-2-11)20-10-27(24)25/h1-8,20,22,27H,9-10H2,(H,21,23). The van der Waals surface area contributed by atoms with E-state index in [4.69, 9.17) is 0 Å². The molecule has 2 aromatic heterocycles. The molecule has 3 N–H and O–H groups in total. The predicted molar refractivity (Wildman–Crippen MR) is 110 cm³/mol. The van der Waals surface area contributed by atoms with Crippen LogP contribution in [0.25, 0.3) is 32.1 Å². The van der Waals surface area contributed by atoms with Crippen LogP contribution in [0.3, 0.4) is 0 Å². The molecule has 8 heteroatoms. The van der Waals surface area contributed by atoms with Crippen LogP contribution in [0.5, 0.6) is 0 Å². The van der Waals surface area contributed by atoms with E-state index in [0.717, 1.165) is 27.5 Å².